The molecule has 16 nitrogen and oxygen atoms in total. The molecule has 0 saturated heterocycles. The third-order valence-electron chi connectivity index (χ3n) is 12.8. The summed E-state index contributed by atoms with van der Waals surface area (Å²) in [5.74, 6) is 1.43. The highest BCUT2D eigenvalue weighted by atomic mass is 16.2. The lowest BCUT2D eigenvalue weighted by atomic mass is 10.1. The number of hydrogen-bond donors (Lipinski definition) is 3. The van der Waals surface area contributed by atoms with Crippen molar-refractivity contribution >= 4 is 56.8 Å². The van der Waals surface area contributed by atoms with Crippen LogP contribution >= 0.6 is 0 Å². The first-order valence-corrected chi connectivity index (χ1v) is 22.6. The highest BCUT2D eigenvalue weighted by Gasteiger charge is 2.31. The molecule has 0 radical (unpaired) electrons. The van der Waals surface area contributed by atoms with Gasteiger partial charge in [0, 0.05) is 104 Å². The van der Waals surface area contributed by atoms with Gasteiger partial charge in [0.25, 0.3) is 11.8 Å². The van der Waals surface area contributed by atoms with Gasteiger partial charge in [-0.05, 0) is 81.2 Å². The average Bonchev–Trinajstić information content (AvgIpc) is 4.20. The van der Waals surface area contributed by atoms with Gasteiger partial charge in [-0.1, -0.05) is 30.3 Å². The number of hydrogen-bond acceptors (Lipinski definition) is 10. The highest BCUT2D eigenvalue weighted by molar-refractivity contribution is 6.02. The summed E-state index contributed by atoms with van der Waals surface area (Å²) < 4.78 is 8.00. The molecule has 8 aromatic heterocycles. The van der Waals surface area contributed by atoms with Crippen LogP contribution in [0.2, 0.25) is 0 Å². The third-order valence-corrected chi connectivity index (χ3v) is 12.8. The molecular weight excluding hydrogens is 817 g/mol. The van der Waals surface area contributed by atoms with Gasteiger partial charge < -0.3 is 30.0 Å². The summed E-state index contributed by atoms with van der Waals surface area (Å²) in [4.78, 5) is 47.1. The molecule has 8 heterocycles. The molecule has 65 heavy (non-hydrogen) atoms. The zero-order valence-electron chi connectivity index (χ0n) is 36.2. The van der Waals surface area contributed by atoms with Crippen LogP contribution in [0.15, 0.2) is 104 Å². The summed E-state index contributed by atoms with van der Waals surface area (Å²) in [6.07, 6.45) is 20.1. The molecule has 4 saturated carbocycles. The first-order valence-electron chi connectivity index (χ1n) is 22.6. The number of fused-ring (bicyclic) bond motifs is 4. The lowest BCUT2D eigenvalue weighted by molar-refractivity contribution is 0.0944. The average molecular weight is 865 g/mol. The Labute approximate surface area is 373 Å². The molecule has 2 amide bonds. The number of nitrogens with zero attached hydrogens (tertiary/aromatic N) is 11. The van der Waals surface area contributed by atoms with Crippen LogP contribution in [0.4, 0.5) is 11.6 Å². The van der Waals surface area contributed by atoms with Gasteiger partial charge in [0.2, 0.25) is 0 Å². The number of carbonyl (C=O) groups excluding carboxylic acids is 2. The molecule has 4 aliphatic rings. The standard InChI is InChI=1S/C28H27N7O.C21H21N7O/c1-33(16-18-6-3-2-4-7-18)25-14-24(23-17-34(20-11-12-20)26-21(23)8-5-13-29-26)32-27-22(15-30-35(25)27)28(36)31-19-9-10-19;1-22-18-9-17(16-11-27(13-6-7-13)19-14(16)3-2-8-23-19)26-20-15(10-24-28(18)20)21(29)25-12-4-5-12/h2-8,13-15,17,19-20H,9-12,16H2,1H3,(H,31,36);2-3,8-13,22H,4-7H2,1H3,(H,25,29). The molecule has 0 atom stereocenters. The minimum Gasteiger partial charge on any atom is -0.373 e. The van der Waals surface area contributed by atoms with Crippen molar-refractivity contribution in [1.82, 2.24) is 58.9 Å². The number of rotatable bonds is 12. The molecule has 4 aliphatic carbocycles. The van der Waals surface area contributed by atoms with Gasteiger partial charge in [-0.25, -0.2) is 19.9 Å². The molecule has 16 heteroatoms. The van der Waals surface area contributed by atoms with Crippen molar-refractivity contribution in [1.29, 1.82) is 0 Å². The molecule has 0 aliphatic heterocycles. The monoisotopic (exact) mass is 864 g/mol. The van der Waals surface area contributed by atoms with E-state index in [4.69, 9.17) is 9.97 Å². The van der Waals surface area contributed by atoms with Crippen molar-refractivity contribution in [3.8, 4) is 22.5 Å². The molecule has 1 aromatic carbocycles. The van der Waals surface area contributed by atoms with E-state index in [2.05, 4.69) is 92.9 Å². The SMILES string of the molecule is CN(Cc1ccccc1)c1cc(-c2cn(C3CC3)c3ncccc23)nc2c(C(=O)NC3CC3)cnn12.CNc1cc(-c2cn(C3CC3)c3ncccc23)nc2c(C(=O)NC3CC3)cnn12. The quantitative estimate of drug-likeness (QED) is 0.111. The van der Waals surface area contributed by atoms with Gasteiger partial charge in [-0.3, -0.25) is 9.59 Å². The van der Waals surface area contributed by atoms with Gasteiger partial charge in [0.15, 0.2) is 11.3 Å². The van der Waals surface area contributed by atoms with Crippen molar-refractivity contribution in [3.05, 3.63) is 121 Å². The fraction of sp³-hybridized carbons (Fsp3) is 0.306. The minimum atomic E-state index is -0.115. The summed E-state index contributed by atoms with van der Waals surface area (Å²) in [5.41, 5.74) is 8.95. The van der Waals surface area contributed by atoms with Crippen LogP contribution in [0, 0.1) is 0 Å². The van der Waals surface area contributed by atoms with E-state index in [1.54, 1.807) is 21.4 Å². The number of amides is 2. The van der Waals surface area contributed by atoms with E-state index in [1.807, 2.05) is 62.9 Å². The summed E-state index contributed by atoms with van der Waals surface area (Å²) in [6.45, 7) is 0.703. The van der Waals surface area contributed by atoms with Crippen LogP contribution in [0.25, 0.3) is 55.9 Å². The first-order chi connectivity index (χ1) is 31.9. The molecule has 3 N–H and O–H groups in total. The van der Waals surface area contributed by atoms with E-state index in [0.717, 1.165) is 81.9 Å². The topological polar surface area (TPSA) is 169 Å². The van der Waals surface area contributed by atoms with Crippen molar-refractivity contribution in [2.24, 2.45) is 0 Å². The van der Waals surface area contributed by atoms with Crippen molar-refractivity contribution in [2.75, 3.05) is 24.3 Å². The predicted molar refractivity (Wildman–Crippen MR) is 249 cm³/mol. The van der Waals surface area contributed by atoms with E-state index in [0.29, 0.717) is 41.0 Å². The highest BCUT2D eigenvalue weighted by Crippen LogP contribution is 2.42. The maximum atomic E-state index is 13.1. The Bertz CT molecular complexity index is 3290. The fourth-order valence-electron chi connectivity index (χ4n) is 8.71. The van der Waals surface area contributed by atoms with E-state index < -0.39 is 0 Å². The molecule has 9 aromatic rings. The Kier molecular flexibility index (Phi) is 9.34. The van der Waals surface area contributed by atoms with E-state index >= 15 is 0 Å². The third kappa shape index (κ3) is 7.37. The normalized spacial score (nSPS) is 15.9. The Balaban J connectivity index is 0.000000140. The van der Waals surface area contributed by atoms with Crippen molar-refractivity contribution < 1.29 is 9.59 Å². The largest absolute Gasteiger partial charge is 0.373 e. The summed E-state index contributed by atoms with van der Waals surface area (Å²) in [7, 11) is 3.89. The lowest BCUT2D eigenvalue weighted by Gasteiger charge is -2.21. The smallest absolute Gasteiger partial charge is 0.256 e. The fourth-order valence-corrected chi connectivity index (χ4v) is 8.71. The Morgan fingerprint density at radius 3 is 1.69 bits per heavy atom. The number of pyridine rings is 2. The predicted octanol–water partition coefficient (Wildman–Crippen LogP) is 7.62. The molecule has 0 unspecified atom stereocenters. The van der Waals surface area contributed by atoms with Crippen LogP contribution in [0.5, 0.6) is 0 Å². The maximum absolute atomic E-state index is 13.1. The number of aromatic nitrogens is 10. The number of anilines is 2. The lowest BCUT2D eigenvalue weighted by Crippen LogP contribution is -2.25. The second kappa shape index (κ2) is 15.6. The molecular formula is C49H48N14O2. The molecule has 0 spiro atoms. The number of carbonyl (C=O) groups is 2. The van der Waals surface area contributed by atoms with Crippen LogP contribution in [-0.2, 0) is 6.54 Å². The first kappa shape index (κ1) is 39.0. The summed E-state index contributed by atoms with van der Waals surface area (Å²) >= 11 is 0. The van der Waals surface area contributed by atoms with Crippen LogP contribution in [0.3, 0.4) is 0 Å². The van der Waals surface area contributed by atoms with Crippen molar-refractivity contribution in [3.63, 3.8) is 0 Å². The summed E-state index contributed by atoms with van der Waals surface area (Å²) in [6, 6.07) is 24.1. The van der Waals surface area contributed by atoms with Gasteiger partial charge in [0.05, 0.1) is 23.8 Å². The second-order valence-electron chi connectivity index (χ2n) is 17.8. The minimum absolute atomic E-state index is 0.115. The molecule has 326 valence electrons. The zero-order chi connectivity index (χ0) is 43.8. The van der Waals surface area contributed by atoms with Gasteiger partial charge in [-0.2, -0.15) is 19.2 Å². The maximum Gasteiger partial charge on any atom is 0.256 e. The van der Waals surface area contributed by atoms with Crippen molar-refractivity contribution in [2.45, 2.75) is 82.1 Å². The van der Waals surface area contributed by atoms with Crippen LogP contribution in [0.1, 0.15) is 89.7 Å². The molecule has 0 bridgehead atoms. The molecule has 4 fully saturated rings. The van der Waals surface area contributed by atoms with Crippen LogP contribution < -0.4 is 20.9 Å². The van der Waals surface area contributed by atoms with Gasteiger partial charge >= 0.3 is 0 Å². The van der Waals surface area contributed by atoms with Crippen LogP contribution in [-0.4, -0.2) is 86.3 Å². The number of nitrogens with one attached hydrogen (secondary N) is 3. The molecule has 13 rings (SSSR count). The summed E-state index contributed by atoms with van der Waals surface area (Å²) in [5, 5.41) is 20.4. The Hall–Kier alpha value is -7.62. The van der Waals surface area contributed by atoms with Gasteiger partial charge in [-0.15, -0.1) is 0 Å². The van der Waals surface area contributed by atoms with E-state index in [-0.39, 0.29) is 23.9 Å². The zero-order valence-corrected chi connectivity index (χ0v) is 36.2. The Morgan fingerprint density at radius 2 is 1.17 bits per heavy atom. The van der Waals surface area contributed by atoms with E-state index in [1.165, 1.54) is 31.2 Å². The van der Waals surface area contributed by atoms with Gasteiger partial charge in [0.1, 0.15) is 34.1 Å². The Morgan fingerprint density at radius 1 is 0.646 bits per heavy atom. The van der Waals surface area contributed by atoms with E-state index in [9.17, 15) is 9.59 Å². The number of benzene rings is 1. The second-order valence-corrected chi connectivity index (χ2v) is 17.8.